The van der Waals surface area contributed by atoms with Crippen LogP contribution in [0.5, 0.6) is 0 Å². The van der Waals surface area contributed by atoms with Gasteiger partial charge in [0.05, 0.1) is 57.5 Å². The van der Waals surface area contributed by atoms with Crippen LogP contribution in [0.1, 0.15) is 0 Å². The maximum absolute atomic E-state index is 10.6. The molecule has 0 saturated carbocycles. The van der Waals surface area contributed by atoms with Crippen LogP contribution in [0.25, 0.3) is 0 Å². The number of aliphatic hydroxyl groups excluding tert-OH is 9. The van der Waals surface area contributed by atoms with E-state index in [0.29, 0.717) is 0 Å². The molecule has 0 radical (unpaired) electrons. The Morgan fingerprint density at radius 1 is 0.500 bits per heavy atom. The summed E-state index contributed by atoms with van der Waals surface area (Å²) in [4.78, 5) is 20.2. The molecule has 3 fully saturated rings. The van der Waals surface area contributed by atoms with Crippen LogP contribution in [0.4, 0.5) is 0 Å². The molecule has 3 aliphatic rings. The summed E-state index contributed by atoms with van der Waals surface area (Å²) in [6, 6.07) is 0. The molecular weight excluding hydrogens is 552 g/mol. The van der Waals surface area contributed by atoms with E-state index in [4.69, 9.17) is 43.2 Å². The number of ether oxygens (including phenoxy) is 5. The zero-order valence-electron chi connectivity index (χ0n) is 21.9. The molecule has 3 aliphatic heterocycles. The normalized spacial score (nSPS) is 46.4. The molecule has 3 heterocycles. The summed E-state index contributed by atoms with van der Waals surface area (Å²) in [5, 5.41) is 91.0. The number of methoxy groups -OCH3 is 2. The summed E-state index contributed by atoms with van der Waals surface area (Å²) in [7, 11) is 2.60. The Hall–Kier alpha value is -0.720. The summed E-state index contributed by atoms with van der Waals surface area (Å²) < 4.78 is 26.0. The maximum Gasteiger partial charge on any atom is 0.220 e. The Morgan fingerprint density at radius 2 is 0.925 bits per heavy atom. The molecule has 3 rings (SSSR count). The molecule has 6 unspecified atom stereocenters. The van der Waals surface area contributed by atoms with Crippen molar-refractivity contribution in [2.24, 2.45) is 11.8 Å². The largest absolute Gasteiger partial charge is 0.394 e. The Bertz CT molecular complexity index is 730. The predicted molar refractivity (Wildman–Crippen MR) is 122 cm³/mol. The van der Waals surface area contributed by atoms with E-state index in [2.05, 4.69) is 0 Å². The van der Waals surface area contributed by atoms with Gasteiger partial charge in [-0.3, -0.25) is 0 Å². The second kappa shape index (κ2) is 15.7. The first kappa shape index (κ1) is 33.8. The molecule has 0 spiro atoms. The summed E-state index contributed by atoms with van der Waals surface area (Å²) in [5.41, 5.74) is 0. The van der Waals surface area contributed by atoms with Gasteiger partial charge in [-0.05, 0) is 0 Å². The Morgan fingerprint density at radius 3 is 1.38 bits per heavy atom. The lowest BCUT2D eigenvalue weighted by Gasteiger charge is -2.43. The molecule has 0 aromatic carbocycles. The van der Waals surface area contributed by atoms with Crippen molar-refractivity contribution in [1.82, 2.24) is 0 Å². The number of hydrogen-bond donors (Lipinski definition) is 9. The van der Waals surface area contributed by atoms with E-state index in [0.717, 1.165) is 0 Å². The number of aliphatic hydroxyl groups is 9. The zero-order chi connectivity index (χ0) is 29.6. The van der Waals surface area contributed by atoms with E-state index in [-0.39, 0.29) is 6.61 Å². The molecule has 3 saturated heterocycles. The highest BCUT2D eigenvalue weighted by molar-refractivity contribution is 4.91. The molecular formula is C22H40O18. The molecule has 236 valence electrons. The third-order valence-electron chi connectivity index (χ3n) is 7.15. The topological polar surface area (TPSA) is 265 Å². The molecule has 0 amide bonds. The van der Waals surface area contributed by atoms with Crippen LogP contribution in [-0.2, 0) is 43.2 Å². The van der Waals surface area contributed by atoms with Crippen molar-refractivity contribution in [3.05, 3.63) is 0 Å². The van der Waals surface area contributed by atoms with Crippen molar-refractivity contribution in [1.29, 1.82) is 0 Å². The van der Waals surface area contributed by atoms with E-state index in [9.17, 15) is 46.0 Å². The van der Waals surface area contributed by atoms with Gasteiger partial charge in [0.2, 0.25) is 12.6 Å². The minimum Gasteiger partial charge on any atom is -0.394 e. The van der Waals surface area contributed by atoms with E-state index in [1.54, 1.807) is 0 Å². The highest BCUT2D eigenvalue weighted by atomic mass is 17.2. The van der Waals surface area contributed by atoms with Crippen LogP contribution in [0, 0.1) is 11.8 Å². The monoisotopic (exact) mass is 592 g/mol. The van der Waals surface area contributed by atoms with E-state index in [1.165, 1.54) is 14.2 Å². The third kappa shape index (κ3) is 7.61. The number of hydrogen-bond acceptors (Lipinski definition) is 18. The highest BCUT2D eigenvalue weighted by Gasteiger charge is 2.49. The van der Waals surface area contributed by atoms with Crippen LogP contribution in [0.3, 0.4) is 0 Å². The van der Waals surface area contributed by atoms with Crippen LogP contribution >= 0.6 is 0 Å². The Labute approximate surface area is 228 Å². The fraction of sp³-hybridized carbons (Fsp3) is 1.00. The van der Waals surface area contributed by atoms with Crippen molar-refractivity contribution in [2.75, 3.05) is 47.3 Å². The van der Waals surface area contributed by atoms with Gasteiger partial charge in [0.15, 0.2) is 6.29 Å². The van der Waals surface area contributed by atoms with Gasteiger partial charge in [0.1, 0.15) is 36.6 Å². The molecule has 0 bridgehead atoms. The molecule has 15 atom stereocenters. The Balaban J connectivity index is 1.51. The quantitative estimate of drug-likeness (QED) is 0.0711. The summed E-state index contributed by atoms with van der Waals surface area (Å²) in [6.07, 6.45) is -18.5. The molecule has 0 aromatic heterocycles. The molecule has 18 heteroatoms. The van der Waals surface area contributed by atoms with Crippen molar-refractivity contribution < 1.29 is 89.2 Å². The van der Waals surface area contributed by atoms with Gasteiger partial charge in [-0.15, -0.1) is 0 Å². The average Bonchev–Trinajstić information content (AvgIpc) is 2.95. The minimum absolute atomic E-state index is 0.121. The van der Waals surface area contributed by atoms with E-state index < -0.39 is 118 Å². The Kier molecular flexibility index (Phi) is 13.2. The second-order valence-corrected chi connectivity index (χ2v) is 9.71. The van der Waals surface area contributed by atoms with Crippen LogP contribution < -0.4 is 0 Å². The average molecular weight is 593 g/mol. The molecule has 0 aliphatic carbocycles. The summed E-state index contributed by atoms with van der Waals surface area (Å²) in [5.74, 6) is -2.05. The first-order chi connectivity index (χ1) is 19.1. The fourth-order valence-electron chi connectivity index (χ4n) is 4.69. The first-order valence-electron chi connectivity index (χ1n) is 12.6. The van der Waals surface area contributed by atoms with Crippen molar-refractivity contribution in [3.63, 3.8) is 0 Å². The van der Waals surface area contributed by atoms with Crippen LogP contribution in [-0.4, -0.2) is 173 Å². The standard InChI is InChI=1S/C22H40O18/c1-32-7-12-15(27)16(28)19(31)22(38-12)40-35-6-9-11(4-24)37-21(18(30)14(9)26)39-34-5-8-10(3-23)36-20(33-2)17(29)13(8)25/h8-31H,3-7H2,1-2H3/t8-,9-,10?,11?,12?,13+,14+,15-,16+,17?,18?,19?,20+,21-,22-/m1/s1. The lowest BCUT2D eigenvalue weighted by atomic mass is 9.90. The van der Waals surface area contributed by atoms with Gasteiger partial charge in [-0.25, -0.2) is 19.6 Å². The van der Waals surface area contributed by atoms with Crippen molar-refractivity contribution in [2.45, 2.75) is 79.9 Å². The second-order valence-electron chi connectivity index (χ2n) is 9.71. The van der Waals surface area contributed by atoms with Gasteiger partial charge >= 0.3 is 0 Å². The van der Waals surface area contributed by atoms with E-state index in [1.807, 2.05) is 0 Å². The fourth-order valence-corrected chi connectivity index (χ4v) is 4.69. The van der Waals surface area contributed by atoms with Crippen molar-refractivity contribution >= 4 is 0 Å². The smallest absolute Gasteiger partial charge is 0.220 e. The zero-order valence-corrected chi connectivity index (χ0v) is 21.9. The number of rotatable bonds is 13. The molecule has 9 N–H and O–H groups in total. The van der Waals surface area contributed by atoms with Gasteiger partial charge in [-0.1, -0.05) is 0 Å². The van der Waals surface area contributed by atoms with Gasteiger partial charge < -0.3 is 69.6 Å². The van der Waals surface area contributed by atoms with Crippen LogP contribution in [0.15, 0.2) is 0 Å². The lowest BCUT2D eigenvalue weighted by molar-refractivity contribution is -0.448. The molecule has 40 heavy (non-hydrogen) atoms. The summed E-state index contributed by atoms with van der Waals surface area (Å²) >= 11 is 0. The third-order valence-corrected chi connectivity index (χ3v) is 7.15. The first-order valence-corrected chi connectivity index (χ1v) is 12.6. The minimum atomic E-state index is -1.72. The van der Waals surface area contributed by atoms with E-state index >= 15 is 0 Å². The lowest BCUT2D eigenvalue weighted by Crippen LogP contribution is -2.60. The molecule has 18 nitrogen and oxygen atoms in total. The predicted octanol–water partition coefficient (Wildman–Crippen LogP) is -5.91. The van der Waals surface area contributed by atoms with Gasteiger partial charge in [-0.2, -0.15) is 0 Å². The van der Waals surface area contributed by atoms with Gasteiger partial charge in [0, 0.05) is 26.1 Å². The molecule has 0 aromatic rings. The van der Waals surface area contributed by atoms with Crippen LogP contribution in [0.2, 0.25) is 0 Å². The maximum atomic E-state index is 10.6. The van der Waals surface area contributed by atoms with Gasteiger partial charge in [0.25, 0.3) is 0 Å². The summed E-state index contributed by atoms with van der Waals surface area (Å²) in [6.45, 7) is -2.23. The van der Waals surface area contributed by atoms with Crippen molar-refractivity contribution in [3.8, 4) is 0 Å². The SMILES string of the molecule is COCC1O[C@H](OOC[C@@H]2C(CO)O[C@H](OOC[C@@H]3C(CO)O[C@H](OC)C(O)[C@H]3O)C(O)[C@H]2O)C(O)[C@@H](O)[C@@H]1O. The highest BCUT2D eigenvalue weighted by Crippen LogP contribution is 2.30.